The Bertz CT molecular complexity index is 245. The van der Waals surface area contributed by atoms with Crippen LogP contribution in [0.3, 0.4) is 0 Å². The fourth-order valence-electron chi connectivity index (χ4n) is 1.53. The molecule has 1 saturated heterocycles. The third-order valence-electron chi connectivity index (χ3n) is 2.11. The van der Waals surface area contributed by atoms with Crippen LogP contribution in [-0.4, -0.2) is 16.5 Å². The monoisotopic (exact) mass is 247 g/mol. The van der Waals surface area contributed by atoms with Crippen LogP contribution in [0.4, 0.5) is 0 Å². The fourth-order valence-corrected chi connectivity index (χ4v) is 1.53. The van der Waals surface area contributed by atoms with E-state index in [1.54, 1.807) is 0 Å². The second kappa shape index (κ2) is 9.12. The Hall–Kier alpha value is -0.130. The van der Waals surface area contributed by atoms with Crippen molar-refractivity contribution in [2.45, 2.75) is 39.7 Å². The van der Waals surface area contributed by atoms with Crippen LogP contribution in [0.25, 0.3) is 0 Å². The van der Waals surface area contributed by atoms with Crippen LogP contribution in [-0.2, 0) is 0 Å². The van der Waals surface area contributed by atoms with Crippen LogP contribution in [0, 0.1) is 6.92 Å². The zero-order valence-corrected chi connectivity index (χ0v) is 11.4. The van der Waals surface area contributed by atoms with Gasteiger partial charge in [-0.15, -0.1) is 23.3 Å². The molecule has 3 nitrogen and oxygen atoms in total. The van der Waals surface area contributed by atoms with Gasteiger partial charge in [-0.1, -0.05) is 13.8 Å². The lowest BCUT2D eigenvalue weighted by atomic mass is 10.2. The predicted octanol–water partition coefficient (Wildman–Crippen LogP) is 2.93. The second-order valence-corrected chi connectivity index (χ2v) is 3.10. The van der Waals surface area contributed by atoms with Gasteiger partial charge in [0, 0.05) is 11.9 Å². The van der Waals surface area contributed by atoms with Gasteiger partial charge in [0.15, 0.2) is 0 Å². The number of hydrogen-bond donors (Lipinski definition) is 4. The third kappa shape index (κ3) is 4.95. The highest BCUT2D eigenvalue weighted by molar-refractivity contribution is 8.59. The first kappa shape index (κ1) is 14.9. The van der Waals surface area contributed by atoms with E-state index in [4.69, 9.17) is 0 Å². The normalized spacial score (nSPS) is 18.6. The van der Waals surface area contributed by atoms with Crippen LogP contribution in [0.1, 0.15) is 44.2 Å². The summed E-state index contributed by atoms with van der Waals surface area (Å²) < 4.78 is 0. The van der Waals surface area contributed by atoms with Gasteiger partial charge in [-0.2, -0.15) is 0 Å². The molecular weight excluding hydrogens is 226 g/mol. The van der Waals surface area contributed by atoms with Gasteiger partial charge in [-0.05, 0) is 26.3 Å². The van der Waals surface area contributed by atoms with E-state index in [0.717, 1.165) is 18.1 Å². The minimum atomic E-state index is 0.476. The summed E-state index contributed by atoms with van der Waals surface area (Å²) >= 11 is 6.44. The smallest absolute Gasteiger partial charge is 0.123 e. The van der Waals surface area contributed by atoms with Crippen molar-refractivity contribution in [1.29, 1.82) is 0 Å². The molecule has 0 saturated carbocycles. The highest BCUT2D eigenvalue weighted by atomic mass is 33.1. The van der Waals surface area contributed by atoms with Crippen LogP contribution in [0.15, 0.2) is 6.20 Å². The van der Waals surface area contributed by atoms with Crippen LogP contribution >= 0.6 is 23.3 Å². The van der Waals surface area contributed by atoms with E-state index in [0.29, 0.717) is 6.04 Å². The largest absolute Gasteiger partial charge is 0.345 e. The van der Waals surface area contributed by atoms with E-state index in [9.17, 15) is 0 Å². The summed E-state index contributed by atoms with van der Waals surface area (Å²) in [6.45, 7) is 7.16. The van der Waals surface area contributed by atoms with Gasteiger partial charge in [0.2, 0.25) is 0 Å². The Morgan fingerprint density at radius 1 is 1.40 bits per heavy atom. The summed E-state index contributed by atoms with van der Waals surface area (Å²) in [4.78, 5) is 7.52. The number of thiol groups is 2. The number of nitrogens with zero attached hydrogens (tertiary/aromatic N) is 1. The third-order valence-corrected chi connectivity index (χ3v) is 2.11. The Kier molecular flexibility index (Phi) is 9.04. The minimum absolute atomic E-state index is 0.476. The van der Waals surface area contributed by atoms with Gasteiger partial charge in [0.25, 0.3) is 0 Å². The van der Waals surface area contributed by atoms with E-state index in [-0.39, 0.29) is 0 Å². The number of H-pyrrole nitrogens is 1. The van der Waals surface area contributed by atoms with Crippen LogP contribution in [0.5, 0.6) is 0 Å². The summed E-state index contributed by atoms with van der Waals surface area (Å²) in [5.41, 5.74) is 1.15. The van der Waals surface area contributed by atoms with E-state index in [1.807, 2.05) is 27.0 Å². The first-order chi connectivity index (χ1) is 7.36. The lowest BCUT2D eigenvalue weighted by molar-refractivity contribution is 0.612. The minimum Gasteiger partial charge on any atom is -0.345 e. The number of aromatic amines is 1. The molecule has 0 aromatic carbocycles. The molecule has 1 aliphatic heterocycles. The standard InChI is InChI=1S/C8H13N3.C2H6.H2S2/c1-6-5-10-8(11-6)7-3-2-4-9-7;2*1-2/h5,7,9H,2-4H2,1H3,(H,10,11);1-2H3;1-2H. The highest BCUT2D eigenvalue weighted by Crippen LogP contribution is 2.19. The molecule has 0 radical (unpaired) electrons. The summed E-state index contributed by atoms with van der Waals surface area (Å²) in [7, 11) is 0. The van der Waals surface area contributed by atoms with Crippen LogP contribution in [0.2, 0.25) is 0 Å². The van der Waals surface area contributed by atoms with Gasteiger partial charge in [-0.25, -0.2) is 4.98 Å². The first-order valence-corrected chi connectivity index (χ1v) is 6.91. The van der Waals surface area contributed by atoms with Crippen molar-refractivity contribution in [3.05, 3.63) is 17.7 Å². The number of aryl methyl sites for hydroxylation is 1. The molecule has 88 valence electrons. The molecule has 1 fully saturated rings. The van der Waals surface area contributed by atoms with Gasteiger partial charge in [0.05, 0.1) is 6.04 Å². The molecule has 0 aliphatic carbocycles. The van der Waals surface area contributed by atoms with E-state index < -0.39 is 0 Å². The summed E-state index contributed by atoms with van der Waals surface area (Å²) in [5, 5.41) is 3.39. The number of rotatable bonds is 1. The summed E-state index contributed by atoms with van der Waals surface area (Å²) in [6, 6.07) is 0.476. The summed E-state index contributed by atoms with van der Waals surface area (Å²) in [6.07, 6.45) is 4.37. The van der Waals surface area contributed by atoms with E-state index in [1.165, 1.54) is 12.8 Å². The van der Waals surface area contributed by atoms with Crippen molar-refractivity contribution in [1.82, 2.24) is 15.3 Å². The molecule has 15 heavy (non-hydrogen) atoms. The van der Waals surface area contributed by atoms with Crippen LogP contribution < -0.4 is 5.32 Å². The Balaban J connectivity index is 0.000000442. The van der Waals surface area contributed by atoms with Crippen molar-refractivity contribution in [2.75, 3.05) is 6.54 Å². The number of hydrogen-bond acceptors (Lipinski definition) is 4. The lowest BCUT2D eigenvalue weighted by Crippen LogP contribution is -2.14. The average molecular weight is 247 g/mol. The molecule has 1 aromatic heterocycles. The molecule has 1 aromatic rings. The zero-order valence-electron chi connectivity index (χ0n) is 9.62. The number of nitrogens with one attached hydrogen (secondary N) is 2. The maximum absolute atomic E-state index is 4.28. The molecule has 0 amide bonds. The van der Waals surface area contributed by atoms with Gasteiger partial charge in [-0.3, -0.25) is 0 Å². The van der Waals surface area contributed by atoms with Crippen molar-refractivity contribution in [3.8, 4) is 0 Å². The number of imidazole rings is 1. The number of aromatic nitrogens is 2. The quantitative estimate of drug-likeness (QED) is 0.455. The molecule has 2 N–H and O–H groups in total. The van der Waals surface area contributed by atoms with Gasteiger partial charge < -0.3 is 10.3 Å². The maximum Gasteiger partial charge on any atom is 0.123 e. The Morgan fingerprint density at radius 3 is 2.47 bits per heavy atom. The molecular formula is C10H21N3S2. The lowest BCUT2D eigenvalue weighted by Gasteiger charge is -2.04. The Labute approximate surface area is 103 Å². The SMILES string of the molecule is CC.Cc1cnc(C2CCCN2)[nH]1.SS. The molecule has 1 unspecified atom stereocenters. The highest BCUT2D eigenvalue weighted by Gasteiger charge is 2.17. The van der Waals surface area contributed by atoms with Gasteiger partial charge >= 0.3 is 0 Å². The molecule has 1 atom stereocenters. The molecule has 1 aliphatic rings. The Morgan fingerprint density at radius 2 is 2.07 bits per heavy atom. The summed E-state index contributed by atoms with van der Waals surface area (Å²) in [5.74, 6) is 1.10. The molecule has 0 bridgehead atoms. The second-order valence-electron chi connectivity index (χ2n) is 3.10. The van der Waals surface area contributed by atoms with E-state index in [2.05, 4.69) is 38.6 Å². The molecule has 0 spiro atoms. The molecule has 2 heterocycles. The van der Waals surface area contributed by atoms with Crippen molar-refractivity contribution < 1.29 is 0 Å². The van der Waals surface area contributed by atoms with Crippen molar-refractivity contribution in [3.63, 3.8) is 0 Å². The predicted molar refractivity (Wildman–Crippen MR) is 72.6 cm³/mol. The first-order valence-electron chi connectivity index (χ1n) is 5.31. The zero-order chi connectivity index (χ0) is 11.7. The van der Waals surface area contributed by atoms with Crippen molar-refractivity contribution in [2.24, 2.45) is 0 Å². The van der Waals surface area contributed by atoms with E-state index >= 15 is 0 Å². The topological polar surface area (TPSA) is 40.7 Å². The molecule has 2 rings (SSSR count). The average Bonchev–Trinajstić information content (AvgIpc) is 2.94. The maximum atomic E-state index is 4.28. The van der Waals surface area contributed by atoms with Gasteiger partial charge in [0.1, 0.15) is 5.82 Å². The molecule has 5 heteroatoms. The van der Waals surface area contributed by atoms with Crippen molar-refractivity contribution >= 4 is 23.3 Å². The fraction of sp³-hybridized carbons (Fsp3) is 0.700.